The molecule has 3 heteroatoms. The van der Waals surface area contributed by atoms with Crippen molar-refractivity contribution in [1.29, 1.82) is 0 Å². The van der Waals surface area contributed by atoms with Crippen molar-refractivity contribution in [2.75, 3.05) is 39.3 Å². The van der Waals surface area contributed by atoms with Crippen LogP contribution >= 0.6 is 0 Å². The first kappa shape index (κ1) is 11.0. The van der Waals surface area contributed by atoms with Crippen molar-refractivity contribution in [3.05, 3.63) is 0 Å². The maximum atomic E-state index is 3.54. The lowest BCUT2D eigenvalue weighted by atomic mass is 10.2. The van der Waals surface area contributed by atoms with Crippen molar-refractivity contribution in [2.45, 2.75) is 26.3 Å². The molecule has 0 aliphatic carbocycles. The monoisotopic (exact) mass is 185 g/mol. The predicted molar refractivity (Wildman–Crippen MR) is 57.1 cm³/mol. The molecule has 0 unspecified atom stereocenters. The van der Waals surface area contributed by atoms with E-state index in [1.54, 1.807) is 0 Å². The van der Waals surface area contributed by atoms with E-state index in [0.29, 0.717) is 0 Å². The second-order valence-electron chi connectivity index (χ2n) is 3.74. The minimum absolute atomic E-state index is 0.736. The summed E-state index contributed by atoms with van der Waals surface area (Å²) in [6.07, 6.45) is 1.26. The van der Waals surface area contributed by atoms with E-state index >= 15 is 0 Å². The molecule has 1 aliphatic heterocycles. The standard InChI is InChI=1S/C10H23N3/c1-3-6-13(4-2)7-5-12-10-8-11-9-10/h10-12H,3-9H2,1-2H3. The molecule has 3 nitrogen and oxygen atoms in total. The Morgan fingerprint density at radius 2 is 2.08 bits per heavy atom. The number of hydrogen-bond donors (Lipinski definition) is 2. The summed E-state index contributed by atoms with van der Waals surface area (Å²) in [7, 11) is 0. The van der Waals surface area contributed by atoms with Crippen LogP contribution in [0.15, 0.2) is 0 Å². The van der Waals surface area contributed by atoms with Gasteiger partial charge in [-0.05, 0) is 19.5 Å². The number of nitrogens with one attached hydrogen (secondary N) is 2. The highest BCUT2D eigenvalue weighted by Crippen LogP contribution is 1.92. The Morgan fingerprint density at radius 1 is 1.31 bits per heavy atom. The summed E-state index contributed by atoms with van der Waals surface area (Å²) in [6.45, 7) is 11.5. The summed E-state index contributed by atoms with van der Waals surface area (Å²) < 4.78 is 0. The van der Waals surface area contributed by atoms with Crippen LogP contribution in [-0.2, 0) is 0 Å². The first-order valence-corrected chi connectivity index (χ1v) is 5.53. The van der Waals surface area contributed by atoms with Gasteiger partial charge in [0.15, 0.2) is 0 Å². The van der Waals surface area contributed by atoms with E-state index < -0.39 is 0 Å². The molecule has 0 radical (unpaired) electrons. The van der Waals surface area contributed by atoms with Crippen LogP contribution in [0.2, 0.25) is 0 Å². The Morgan fingerprint density at radius 3 is 2.54 bits per heavy atom. The summed E-state index contributed by atoms with van der Waals surface area (Å²) in [5.74, 6) is 0. The number of nitrogens with zero attached hydrogens (tertiary/aromatic N) is 1. The maximum Gasteiger partial charge on any atom is 0.0318 e. The second-order valence-corrected chi connectivity index (χ2v) is 3.74. The number of likely N-dealkylation sites (N-methyl/N-ethyl adjacent to an activating group) is 1. The van der Waals surface area contributed by atoms with Crippen molar-refractivity contribution in [3.8, 4) is 0 Å². The molecule has 13 heavy (non-hydrogen) atoms. The molecule has 0 aromatic heterocycles. The Bertz CT molecular complexity index is 123. The molecule has 0 bridgehead atoms. The van der Waals surface area contributed by atoms with Gasteiger partial charge in [-0.2, -0.15) is 0 Å². The van der Waals surface area contributed by atoms with Crippen LogP contribution in [-0.4, -0.2) is 50.2 Å². The molecule has 1 rings (SSSR count). The van der Waals surface area contributed by atoms with Crippen molar-refractivity contribution in [2.24, 2.45) is 0 Å². The summed E-state index contributed by atoms with van der Waals surface area (Å²) in [5.41, 5.74) is 0. The molecule has 0 aromatic carbocycles. The lowest BCUT2D eigenvalue weighted by molar-refractivity contribution is 0.271. The van der Waals surface area contributed by atoms with Gasteiger partial charge >= 0.3 is 0 Å². The molecule has 0 aromatic rings. The van der Waals surface area contributed by atoms with Crippen LogP contribution in [0.5, 0.6) is 0 Å². The molecule has 0 amide bonds. The third-order valence-corrected chi connectivity index (χ3v) is 2.63. The lowest BCUT2D eigenvalue weighted by Crippen LogP contribution is -2.56. The normalized spacial score (nSPS) is 17.8. The van der Waals surface area contributed by atoms with Crippen LogP contribution in [0.25, 0.3) is 0 Å². The topological polar surface area (TPSA) is 27.3 Å². The molecule has 1 heterocycles. The van der Waals surface area contributed by atoms with Gasteiger partial charge in [-0.1, -0.05) is 13.8 Å². The molecule has 0 spiro atoms. The Kier molecular flexibility index (Phi) is 5.35. The molecule has 0 saturated carbocycles. The van der Waals surface area contributed by atoms with E-state index in [-0.39, 0.29) is 0 Å². The van der Waals surface area contributed by atoms with Crippen molar-refractivity contribution in [1.82, 2.24) is 15.5 Å². The van der Waals surface area contributed by atoms with Gasteiger partial charge in [0.05, 0.1) is 0 Å². The summed E-state index contributed by atoms with van der Waals surface area (Å²) >= 11 is 0. The summed E-state index contributed by atoms with van der Waals surface area (Å²) in [5, 5.41) is 6.80. The van der Waals surface area contributed by atoms with Gasteiger partial charge in [-0.3, -0.25) is 0 Å². The van der Waals surface area contributed by atoms with E-state index in [4.69, 9.17) is 0 Å². The Labute approximate surface area is 81.9 Å². The average Bonchev–Trinajstić information content (AvgIpc) is 2.07. The fourth-order valence-corrected chi connectivity index (χ4v) is 1.60. The Balaban J connectivity index is 1.94. The smallest absolute Gasteiger partial charge is 0.0318 e. The molecular formula is C10H23N3. The predicted octanol–water partition coefficient (Wildman–Crippen LogP) is 0.280. The Hall–Kier alpha value is -0.120. The molecule has 2 N–H and O–H groups in total. The molecule has 1 fully saturated rings. The van der Waals surface area contributed by atoms with E-state index in [0.717, 1.165) is 25.7 Å². The van der Waals surface area contributed by atoms with Crippen molar-refractivity contribution in [3.63, 3.8) is 0 Å². The molecule has 1 saturated heterocycles. The van der Waals surface area contributed by atoms with Gasteiger partial charge in [0, 0.05) is 32.2 Å². The fraction of sp³-hybridized carbons (Fsp3) is 1.00. The van der Waals surface area contributed by atoms with Gasteiger partial charge < -0.3 is 15.5 Å². The summed E-state index contributed by atoms with van der Waals surface area (Å²) in [4.78, 5) is 2.50. The average molecular weight is 185 g/mol. The number of rotatable bonds is 7. The highest BCUT2D eigenvalue weighted by Gasteiger charge is 2.14. The third kappa shape index (κ3) is 4.07. The molecule has 78 valence electrons. The van der Waals surface area contributed by atoms with Gasteiger partial charge in [-0.25, -0.2) is 0 Å². The van der Waals surface area contributed by atoms with Crippen LogP contribution in [0.4, 0.5) is 0 Å². The largest absolute Gasteiger partial charge is 0.314 e. The molecular weight excluding hydrogens is 162 g/mol. The van der Waals surface area contributed by atoms with Crippen molar-refractivity contribution >= 4 is 0 Å². The van der Waals surface area contributed by atoms with Crippen LogP contribution in [0.3, 0.4) is 0 Å². The number of hydrogen-bond acceptors (Lipinski definition) is 3. The second kappa shape index (κ2) is 6.35. The first-order valence-electron chi connectivity index (χ1n) is 5.53. The zero-order valence-electron chi connectivity index (χ0n) is 8.97. The van der Waals surface area contributed by atoms with Gasteiger partial charge in [0.1, 0.15) is 0 Å². The molecule has 0 atom stereocenters. The van der Waals surface area contributed by atoms with Crippen molar-refractivity contribution < 1.29 is 0 Å². The fourth-order valence-electron chi connectivity index (χ4n) is 1.60. The molecule has 1 aliphatic rings. The first-order chi connectivity index (χ1) is 6.36. The van der Waals surface area contributed by atoms with Crippen LogP contribution < -0.4 is 10.6 Å². The van der Waals surface area contributed by atoms with E-state index in [1.165, 1.54) is 26.1 Å². The quantitative estimate of drug-likeness (QED) is 0.596. The minimum atomic E-state index is 0.736. The minimum Gasteiger partial charge on any atom is -0.314 e. The van der Waals surface area contributed by atoms with Crippen LogP contribution in [0, 0.1) is 0 Å². The van der Waals surface area contributed by atoms with E-state index in [1.807, 2.05) is 0 Å². The van der Waals surface area contributed by atoms with Gasteiger partial charge in [0.2, 0.25) is 0 Å². The van der Waals surface area contributed by atoms with E-state index in [9.17, 15) is 0 Å². The lowest BCUT2D eigenvalue weighted by Gasteiger charge is -2.29. The zero-order valence-corrected chi connectivity index (χ0v) is 8.97. The highest BCUT2D eigenvalue weighted by atomic mass is 15.2. The summed E-state index contributed by atoms with van der Waals surface area (Å²) in [6, 6.07) is 0.736. The van der Waals surface area contributed by atoms with Gasteiger partial charge in [0.25, 0.3) is 0 Å². The SMILES string of the molecule is CCCN(CC)CCNC1CNC1. The van der Waals surface area contributed by atoms with E-state index in [2.05, 4.69) is 29.4 Å². The maximum absolute atomic E-state index is 3.54. The third-order valence-electron chi connectivity index (χ3n) is 2.63. The van der Waals surface area contributed by atoms with Crippen LogP contribution in [0.1, 0.15) is 20.3 Å². The highest BCUT2D eigenvalue weighted by molar-refractivity contribution is 4.81. The van der Waals surface area contributed by atoms with Gasteiger partial charge in [-0.15, -0.1) is 0 Å². The zero-order chi connectivity index (χ0) is 9.52.